The number of anilines is 1. The number of amides is 2. The lowest BCUT2D eigenvalue weighted by Gasteiger charge is -2.33. The van der Waals surface area contributed by atoms with Crippen molar-refractivity contribution in [3.05, 3.63) is 54.1 Å². The first-order chi connectivity index (χ1) is 16.3. The van der Waals surface area contributed by atoms with Crippen LogP contribution in [0.25, 0.3) is 0 Å². The molecule has 0 saturated carbocycles. The van der Waals surface area contributed by atoms with E-state index >= 15 is 0 Å². The van der Waals surface area contributed by atoms with Crippen LogP contribution in [0.1, 0.15) is 44.0 Å². The Morgan fingerprint density at radius 2 is 1.68 bits per heavy atom. The first-order valence-electron chi connectivity index (χ1n) is 11.7. The van der Waals surface area contributed by atoms with E-state index in [1.54, 1.807) is 41.3 Å². The van der Waals surface area contributed by atoms with Crippen molar-refractivity contribution in [3.63, 3.8) is 0 Å². The standard InChI is InChI=1S/C25H33N3O5S/c1-4-27(5-2)24(29)19-14-16-28(17-15-19)25(30)20-8-7-9-23(18-20)34(31,32)26-21-10-12-22(13-11-21)33-6-3/h7-13,18-19,26H,4-6,14-17H2,1-3H3. The summed E-state index contributed by atoms with van der Waals surface area (Å²) < 4.78 is 33.7. The molecule has 0 aromatic heterocycles. The fourth-order valence-corrected chi connectivity index (χ4v) is 5.21. The lowest BCUT2D eigenvalue weighted by molar-refractivity contribution is -0.136. The molecule has 1 N–H and O–H groups in total. The Hall–Kier alpha value is -3.07. The molecule has 0 bridgehead atoms. The number of carbonyl (C=O) groups is 2. The van der Waals surface area contributed by atoms with Crippen molar-refractivity contribution in [1.82, 2.24) is 9.80 Å². The van der Waals surface area contributed by atoms with Crippen molar-refractivity contribution < 1.29 is 22.7 Å². The van der Waals surface area contributed by atoms with Crippen molar-refractivity contribution >= 4 is 27.5 Å². The number of likely N-dealkylation sites (tertiary alicyclic amines) is 1. The van der Waals surface area contributed by atoms with Crippen LogP contribution in [0, 0.1) is 5.92 Å². The van der Waals surface area contributed by atoms with Gasteiger partial charge in [-0.15, -0.1) is 0 Å². The minimum atomic E-state index is -3.87. The first kappa shape index (κ1) is 25.6. The minimum Gasteiger partial charge on any atom is -0.494 e. The van der Waals surface area contributed by atoms with Crippen molar-refractivity contribution in [1.29, 1.82) is 0 Å². The van der Waals surface area contributed by atoms with Gasteiger partial charge in [0.15, 0.2) is 0 Å². The van der Waals surface area contributed by atoms with Gasteiger partial charge in [0.1, 0.15) is 5.75 Å². The van der Waals surface area contributed by atoms with Crippen molar-refractivity contribution in [3.8, 4) is 5.75 Å². The Morgan fingerprint density at radius 1 is 1.03 bits per heavy atom. The van der Waals surface area contributed by atoms with Crippen molar-refractivity contribution in [2.75, 3.05) is 37.5 Å². The van der Waals surface area contributed by atoms with Gasteiger partial charge in [0, 0.05) is 43.3 Å². The molecule has 9 heteroatoms. The Labute approximate surface area is 201 Å². The molecule has 1 aliphatic rings. The summed E-state index contributed by atoms with van der Waals surface area (Å²) in [4.78, 5) is 29.2. The van der Waals surface area contributed by atoms with Gasteiger partial charge in [-0.3, -0.25) is 14.3 Å². The highest BCUT2D eigenvalue weighted by Gasteiger charge is 2.30. The van der Waals surface area contributed by atoms with Crippen LogP contribution in [0.5, 0.6) is 5.75 Å². The summed E-state index contributed by atoms with van der Waals surface area (Å²) in [5.41, 5.74) is 0.711. The number of hydrogen-bond acceptors (Lipinski definition) is 5. The van der Waals surface area contributed by atoms with E-state index in [-0.39, 0.29) is 22.6 Å². The average molecular weight is 488 g/mol. The number of sulfonamides is 1. The van der Waals surface area contributed by atoms with Gasteiger partial charge < -0.3 is 14.5 Å². The van der Waals surface area contributed by atoms with Crippen LogP contribution >= 0.6 is 0 Å². The number of piperidine rings is 1. The molecule has 3 rings (SSSR count). The SMILES string of the molecule is CCOc1ccc(NS(=O)(=O)c2cccc(C(=O)N3CCC(C(=O)N(CC)CC)CC3)c2)cc1. The second-order valence-electron chi connectivity index (χ2n) is 8.17. The molecule has 1 aliphatic heterocycles. The largest absolute Gasteiger partial charge is 0.494 e. The number of ether oxygens (including phenoxy) is 1. The second-order valence-corrected chi connectivity index (χ2v) is 9.85. The van der Waals surface area contributed by atoms with E-state index in [1.807, 2.05) is 25.7 Å². The maximum absolute atomic E-state index is 13.1. The summed E-state index contributed by atoms with van der Waals surface area (Å²) in [6.07, 6.45) is 1.22. The molecule has 0 aliphatic carbocycles. The van der Waals surface area contributed by atoms with Gasteiger partial charge >= 0.3 is 0 Å². The Balaban J connectivity index is 1.66. The molecule has 1 saturated heterocycles. The van der Waals surface area contributed by atoms with Crippen LogP contribution in [-0.4, -0.2) is 62.8 Å². The highest BCUT2D eigenvalue weighted by atomic mass is 32.2. The molecular weight excluding hydrogens is 454 g/mol. The van der Waals surface area contributed by atoms with E-state index in [1.165, 1.54) is 12.1 Å². The Kier molecular flexibility index (Phi) is 8.55. The lowest BCUT2D eigenvalue weighted by atomic mass is 9.94. The number of hydrogen-bond donors (Lipinski definition) is 1. The lowest BCUT2D eigenvalue weighted by Crippen LogP contribution is -2.44. The molecule has 184 valence electrons. The van der Waals surface area contributed by atoms with Gasteiger partial charge in [0.05, 0.1) is 11.5 Å². The highest BCUT2D eigenvalue weighted by Crippen LogP contribution is 2.23. The average Bonchev–Trinajstić information content (AvgIpc) is 2.85. The zero-order chi connectivity index (χ0) is 24.7. The third kappa shape index (κ3) is 6.08. The van der Waals surface area contributed by atoms with E-state index in [9.17, 15) is 18.0 Å². The third-order valence-electron chi connectivity index (χ3n) is 6.02. The second kappa shape index (κ2) is 11.4. The van der Waals surface area contributed by atoms with Gasteiger partial charge in [0.25, 0.3) is 15.9 Å². The van der Waals surface area contributed by atoms with Crippen molar-refractivity contribution in [2.24, 2.45) is 5.92 Å². The van der Waals surface area contributed by atoms with E-state index in [4.69, 9.17) is 4.74 Å². The van der Waals surface area contributed by atoms with Crippen LogP contribution in [0.4, 0.5) is 5.69 Å². The zero-order valence-electron chi connectivity index (χ0n) is 20.0. The zero-order valence-corrected chi connectivity index (χ0v) is 20.8. The molecule has 34 heavy (non-hydrogen) atoms. The molecule has 0 radical (unpaired) electrons. The van der Waals surface area contributed by atoms with Crippen molar-refractivity contribution in [2.45, 2.75) is 38.5 Å². The van der Waals surface area contributed by atoms with Crippen LogP contribution in [0.15, 0.2) is 53.4 Å². The number of nitrogens with one attached hydrogen (secondary N) is 1. The molecule has 0 atom stereocenters. The maximum Gasteiger partial charge on any atom is 0.261 e. The molecule has 8 nitrogen and oxygen atoms in total. The first-order valence-corrected chi connectivity index (χ1v) is 13.2. The fourth-order valence-electron chi connectivity index (χ4n) is 4.10. The van der Waals surface area contributed by atoms with Crippen LogP contribution in [0.3, 0.4) is 0 Å². The molecule has 0 unspecified atom stereocenters. The van der Waals surface area contributed by atoms with Gasteiger partial charge in [0.2, 0.25) is 5.91 Å². The quantitative estimate of drug-likeness (QED) is 0.583. The van der Waals surface area contributed by atoms with E-state index < -0.39 is 10.0 Å². The summed E-state index contributed by atoms with van der Waals surface area (Å²) in [7, 11) is -3.87. The number of rotatable bonds is 9. The maximum atomic E-state index is 13.1. The van der Waals surface area contributed by atoms with E-state index in [2.05, 4.69) is 4.72 Å². The minimum absolute atomic E-state index is 0.0128. The van der Waals surface area contributed by atoms with E-state index in [0.717, 1.165) is 0 Å². The van der Waals surface area contributed by atoms with Crippen LogP contribution in [-0.2, 0) is 14.8 Å². The number of nitrogens with zero attached hydrogens (tertiary/aromatic N) is 2. The highest BCUT2D eigenvalue weighted by molar-refractivity contribution is 7.92. The summed E-state index contributed by atoms with van der Waals surface area (Å²) in [5, 5.41) is 0. The normalized spacial score (nSPS) is 14.5. The van der Waals surface area contributed by atoms with Gasteiger partial charge in [-0.2, -0.15) is 0 Å². The molecule has 0 spiro atoms. The summed E-state index contributed by atoms with van der Waals surface area (Å²) in [5.74, 6) is 0.493. The topological polar surface area (TPSA) is 96.0 Å². The molecule has 1 fully saturated rings. The predicted octanol–water partition coefficient (Wildman–Crippen LogP) is 3.61. The van der Waals surface area contributed by atoms with Crippen LogP contribution < -0.4 is 9.46 Å². The summed E-state index contributed by atoms with van der Waals surface area (Å²) >= 11 is 0. The number of carbonyl (C=O) groups excluding carboxylic acids is 2. The predicted molar refractivity (Wildman–Crippen MR) is 131 cm³/mol. The molecule has 2 amide bonds. The Morgan fingerprint density at radius 3 is 2.26 bits per heavy atom. The van der Waals surface area contributed by atoms with E-state index in [0.29, 0.717) is 62.6 Å². The monoisotopic (exact) mass is 487 g/mol. The fraction of sp³-hybridized carbons (Fsp3) is 0.440. The third-order valence-corrected chi connectivity index (χ3v) is 7.39. The molecule has 2 aromatic rings. The van der Waals surface area contributed by atoms with Gasteiger partial charge in [-0.25, -0.2) is 8.42 Å². The molecule has 1 heterocycles. The summed E-state index contributed by atoms with van der Waals surface area (Å²) in [6, 6.07) is 12.7. The summed E-state index contributed by atoms with van der Waals surface area (Å²) in [6.45, 7) is 8.63. The smallest absolute Gasteiger partial charge is 0.261 e. The Bertz CT molecular complexity index is 1090. The van der Waals surface area contributed by atoms with Crippen LogP contribution in [0.2, 0.25) is 0 Å². The van der Waals surface area contributed by atoms with Gasteiger partial charge in [-0.05, 0) is 76.1 Å². The number of benzene rings is 2. The van der Waals surface area contributed by atoms with Gasteiger partial charge in [-0.1, -0.05) is 6.07 Å². The molecule has 2 aromatic carbocycles. The molecular formula is C25H33N3O5S.